The molecule has 2 N–H and O–H groups in total. The van der Waals surface area contributed by atoms with E-state index in [0.717, 1.165) is 11.1 Å². The van der Waals surface area contributed by atoms with Gasteiger partial charge in [0.2, 0.25) is 0 Å². The summed E-state index contributed by atoms with van der Waals surface area (Å²) in [6, 6.07) is 9.18. The molecule has 0 bridgehead atoms. The molecule has 4 rings (SSSR count). The van der Waals surface area contributed by atoms with E-state index in [-0.39, 0.29) is 11.1 Å². The molecule has 5 nitrogen and oxygen atoms in total. The highest BCUT2D eigenvalue weighted by Gasteiger charge is 2.42. The van der Waals surface area contributed by atoms with Crippen LogP contribution in [0.15, 0.2) is 42.5 Å². The van der Waals surface area contributed by atoms with Gasteiger partial charge in [-0.05, 0) is 41.0 Å². The molecule has 0 aliphatic carbocycles. The van der Waals surface area contributed by atoms with E-state index in [9.17, 15) is 18.0 Å². The van der Waals surface area contributed by atoms with E-state index in [0.29, 0.717) is 45.1 Å². The summed E-state index contributed by atoms with van der Waals surface area (Å²) < 4.78 is 46.8. The second-order valence-electron chi connectivity index (χ2n) is 7.23. The maximum absolute atomic E-state index is 13.8. The molecule has 1 saturated heterocycles. The third-order valence-electron chi connectivity index (χ3n) is 5.28. The Morgan fingerprint density at radius 3 is 2.59 bits per heavy atom. The third kappa shape index (κ3) is 4.38. The van der Waals surface area contributed by atoms with E-state index in [4.69, 9.17) is 4.74 Å². The van der Waals surface area contributed by atoms with E-state index in [2.05, 4.69) is 10.6 Å². The Hall–Kier alpha value is -2.58. The fraction of sp³-hybridized carbons (Fsp3) is 0.381. The molecule has 0 spiro atoms. The van der Waals surface area contributed by atoms with Gasteiger partial charge >= 0.3 is 6.18 Å². The van der Waals surface area contributed by atoms with Gasteiger partial charge in [-0.1, -0.05) is 18.2 Å². The van der Waals surface area contributed by atoms with E-state index in [1.165, 1.54) is 12.1 Å². The minimum atomic E-state index is -4.61. The first-order valence-electron chi connectivity index (χ1n) is 9.54. The number of benzene rings is 2. The van der Waals surface area contributed by atoms with Gasteiger partial charge in [-0.25, -0.2) is 0 Å². The lowest BCUT2D eigenvalue weighted by Crippen LogP contribution is -2.39. The Morgan fingerprint density at radius 1 is 1.07 bits per heavy atom. The van der Waals surface area contributed by atoms with Crippen LogP contribution in [0.4, 0.5) is 18.9 Å². The highest BCUT2D eigenvalue weighted by atomic mass is 19.4. The maximum Gasteiger partial charge on any atom is 0.412 e. The number of halogens is 3. The molecule has 0 aromatic heterocycles. The summed E-state index contributed by atoms with van der Waals surface area (Å²) in [5.74, 6) is -0.737. The molecule has 0 saturated carbocycles. The average Bonchev–Trinajstić information content (AvgIpc) is 3.19. The lowest BCUT2D eigenvalue weighted by atomic mass is 10.0. The number of nitrogens with one attached hydrogen (secondary N) is 2. The van der Waals surface area contributed by atoms with Crippen LogP contribution in [-0.2, 0) is 17.8 Å². The first kappa shape index (κ1) is 19.7. The summed E-state index contributed by atoms with van der Waals surface area (Å²) in [4.78, 5) is 14.6. The summed E-state index contributed by atoms with van der Waals surface area (Å²) in [7, 11) is 0. The number of ether oxygens (including phenoxy) is 1. The maximum atomic E-state index is 13.8. The normalized spacial score (nSPS) is 17.7. The van der Waals surface area contributed by atoms with Crippen LogP contribution in [-0.4, -0.2) is 38.4 Å². The van der Waals surface area contributed by atoms with E-state index >= 15 is 0 Å². The minimum Gasteiger partial charge on any atom is -0.378 e. The zero-order valence-electron chi connectivity index (χ0n) is 15.8. The van der Waals surface area contributed by atoms with Crippen molar-refractivity contribution in [3.8, 4) is 0 Å². The first-order chi connectivity index (χ1) is 13.9. The summed E-state index contributed by atoms with van der Waals surface area (Å²) in [6.45, 7) is 3.64. The van der Waals surface area contributed by atoms with Gasteiger partial charge in [-0.2, -0.15) is 13.2 Å². The van der Waals surface area contributed by atoms with Gasteiger partial charge < -0.3 is 20.3 Å². The lowest BCUT2D eigenvalue weighted by Gasteiger charge is -2.30. The van der Waals surface area contributed by atoms with Gasteiger partial charge in [0.15, 0.2) is 6.04 Å². The largest absolute Gasteiger partial charge is 0.412 e. The fourth-order valence-electron chi connectivity index (χ4n) is 3.73. The second kappa shape index (κ2) is 8.04. The van der Waals surface area contributed by atoms with Gasteiger partial charge in [-0.15, -0.1) is 0 Å². The molecule has 0 radical (unpaired) electrons. The smallest absolute Gasteiger partial charge is 0.378 e. The Bertz CT molecular complexity index is 895. The number of nitrogens with zero attached hydrogens (tertiary/aromatic N) is 1. The number of morpholine rings is 1. The van der Waals surface area contributed by atoms with Gasteiger partial charge in [0.1, 0.15) is 0 Å². The van der Waals surface area contributed by atoms with Crippen LogP contribution in [0.1, 0.15) is 33.1 Å². The highest BCUT2D eigenvalue weighted by molar-refractivity contribution is 5.94. The van der Waals surface area contributed by atoms with Crippen molar-refractivity contribution in [1.82, 2.24) is 10.6 Å². The molecule has 29 heavy (non-hydrogen) atoms. The topological polar surface area (TPSA) is 53.6 Å². The number of anilines is 1. The molecule has 1 fully saturated rings. The molecular formula is C21H22F3N3O2. The number of hydrogen-bond donors (Lipinski definition) is 2. The Kier molecular flexibility index (Phi) is 5.47. The van der Waals surface area contributed by atoms with Crippen LogP contribution in [0.25, 0.3) is 0 Å². The van der Waals surface area contributed by atoms with Crippen molar-refractivity contribution in [1.29, 1.82) is 0 Å². The standard InChI is InChI=1S/C21H22F3N3O2/c22-21(23,24)19(14-2-1-3-18(11-14)27-6-8-29-9-7-27)26-20(28)15-4-5-16-12-25-13-17(16)10-15/h1-5,10-11,19,25H,6-9,12-13H2,(H,26,28)/t19-/m1/s1. The van der Waals surface area contributed by atoms with Crippen molar-refractivity contribution in [3.05, 3.63) is 64.7 Å². The molecule has 2 aliphatic rings. The molecule has 154 valence electrons. The van der Waals surface area contributed by atoms with Crippen molar-refractivity contribution in [3.63, 3.8) is 0 Å². The summed E-state index contributed by atoms with van der Waals surface area (Å²) in [5, 5.41) is 5.34. The number of carbonyl (C=O) groups excluding carboxylic acids is 1. The second-order valence-corrected chi connectivity index (χ2v) is 7.23. The van der Waals surface area contributed by atoms with Crippen molar-refractivity contribution in [2.45, 2.75) is 25.3 Å². The predicted molar refractivity (Wildman–Crippen MR) is 103 cm³/mol. The van der Waals surface area contributed by atoms with E-state index in [1.807, 2.05) is 4.90 Å². The van der Waals surface area contributed by atoms with Crippen molar-refractivity contribution < 1.29 is 22.7 Å². The van der Waals surface area contributed by atoms with Gasteiger partial charge in [0, 0.05) is 37.4 Å². The van der Waals surface area contributed by atoms with Gasteiger partial charge in [-0.3, -0.25) is 4.79 Å². The van der Waals surface area contributed by atoms with Gasteiger partial charge in [0.05, 0.1) is 13.2 Å². The summed E-state index contributed by atoms with van der Waals surface area (Å²) in [5.41, 5.74) is 2.93. The molecule has 8 heteroatoms. The highest BCUT2D eigenvalue weighted by Crippen LogP contribution is 2.34. The number of amides is 1. The summed E-state index contributed by atoms with van der Waals surface area (Å²) in [6.07, 6.45) is -4.61. The number of carbonyl (C=O) groups is 1. The van der Waals surface area contributed by atoms with Crippen LogP contribution in [0.2, 0.25) is 0 Å². The fourth-order valence-corrected chi connectivity index (χ4v) is 3.73. The van der Waals surface area contributed by atoms with Crippen LogP contribution < -0.4 is 15.5 Å². The zero-order chi connectivity index (χ0) is 20.4. The molecule has 2 aromatic carbocycles. The Labute approximate surface area is 166 Å². The minimum absolute atomic E-state index is 0.0117. The zero-order valence-corrected chi connectivity index (χ0v) is 15.8. The molecule has 1 amide bonds. The van der Waals surface area contributed by atoms with Crippen LogP contribution in [0.5, 0.6) is 0 Å². The van der Waals surface area contributed by atoms with Crippen molar-refractivity contribution >= 4 is 11.6 Å². The van der Waals surface area contributed by atoms with Crippen molar-refractivity contribution in [2.75, 3.05) is 31.2 Å². The SMILES string of the molecule is O=C(N[C@H](c1cccc(N2CCOCC2)c1)C(F)(F)F)c1ccc2c(c1)CNC2. The average molecular weight is 405 g/mol. The van der Waals surface area contributed by atoms with Crippen LogP contribution >= 0.6 is 0 Å². The predicted octanol–water partition coefficient (Wildman–Crippen LogP) is 3.16. The van der Waals surface area contributed by atoms with E-state index < -0.39 is 18.1 Å². The monoisotopic (exact) mass is 405 g/mol. The molecule has 2 aliphatic heterocycles. The molecule has 0 unspecified atom stereocenters. The van der Waals surface area contributed by atoms with Crippen LogP contribution in [0.3, 0.4) is 0 Å². The Morgan fingerprint density at radius 2 is 1.83 bits per heavy atom. The molecular weight excluding hydrogens is 383 g/mol. The van der Waals surface area contributed by atoms with Gasteiger partial charge in [0.25, 0.3) is 5.91 Å². The Balaban J connectivity index is 1.57. The third-order valence-corrected chi connectivity index (χ3v) is 5.28. The number of alkyl halides is 3. The number of hydrogen-bond acceptors (Lipinski definition) is 4. The molecule has 1 atom stereocenters. The summed E-state index contributed by atoms with van der Waals surface area (Å²) >= 11 is 0. The number of rotatable bonds is 4. The first-order valence-corrected chi connectivity index (χ1v) is 9.54. The number of fused-ring (bicyclic) bond motifs is 1. The lowest BCUT2D eigenvalue weighted by molar-refractivity contribution is -0.155. The van der Waals surface area contributed by atoms with Crippen molar-refractivity contribution in [2.24, 2.45) is 0 Å². The molecule has 2 heterocycles. The van der Waals surface area contributed by atoms with E-state index in [1.54, 1.807) is 30.3 Å². The molecule has 2 aromatic rings. The quantitative estimate of drug-likeness (QED) is 0.821. The van der Waals surface area contributed by atoms with Crippen LogP contribution in [0, 0.1) is 0 Å².